The summed E-state index contributed by atoms with van der Waals surface area (Å²) in [6.45, 7) is 10.1. The molecule has 0 bridgehead atoms. The average Bonchev–Trinajstić information content (AvgIpc) is 3.36. The zero-order chi connectivity index (χ0) is 18.0. The van der Waals surface area contributed by atoms with Crippen molar-refractivity contribution in [3.63, 3.8) is 0 Å². The third kappa shape index (κ3) is 6.16. The van der Waals surface area contributed by atoms with Crippen LogP contribution in [-0.2, 0) is 0 Å². The van der Waals surface area contributed by atoms with Gasteiger partial charge in [0.1, 0.15) is 0 Å². The molecule has 1 aromatic heterocycles. The molecule has 6 heteroatoms. The van der Waals surface area contributed by atoms with Crippen molar-refractivity contribution in [3.8, 4) is 0 Å². The largest absolute Gasteiger partial charge is 0.363 e. The van der Waals surface area contributed by atoms with Crippen LogP contribution in [0.4, 0.5) is 5.00 Å². The molecule has 26 heavy (non-hydrogen) atoms. The van der Waals surface area contributed by atoms with Crippen molar-refractivity contribution < 1.29 is 0 Å². The minimum Gasteiger partial charge on any atom is -0.363 e. The monoisotopic (exact) mass is 377 g/mol. The van der Waals surface area contributed by atoms with Gasteiger partial charge < -0.3 is 20.4 Å². The van der Waals surface area contributed by atoms with Gasteiger partial charge in [-0.15, -0.1) is 11.3 Å². The van der Waals surface area contributed by atoms with Crippen LogP contribution in [0.5, 0.6) is 0 Å². The molecule has 0 aromatic carbocycles. The van der Waals surface area contributed by atoms with Crippen molar-refractivity contribution in [3.05, 3.63) is 17.5 Å². The number of thiophene rings is 1. The van der Waals surface area contributed by atoms with E-state index in [2.05, 4.69) is 44.9 Å². The van der Waals surface area contributed by atoms with E-state index in [1.807, 2.05) is 11.3 Å². The van der Waals surface area contributed by atoms with Gasteiger partial charge in [0.15, 0.2) is 5.96 Å². The summed E-state index contributed by atoms with van der Waals surface area (Å²) in [6.07, 6.45) is 7.58. The first-order valence-electron chi connectivity index (χ1n) is 10.4. The maximum absolute atomic E-state index is 4.80. The number of nitrogens with zero attached hydrogens (tertiary/aromatic N) is 3. The van der Waals surface area contributed by atoms with Crippen LogP contribution in [0.2, 0.25) is 0 Å². The number of rotatable bonds is 8. The number of likely N-dealkylation sites (tertiary alicyclic amines) is 1. The highest BCUT2D eigenvalue weighted by Crippen LogP contribution is 2.24. The Labute approximate surface area is 162 Å². The molecule has 3 rings (SSSR count). The maximum atomic E-state index is 4.80. The lowest BCUT2D eigenvalue weighted by Crippen LogP contribution is -2.48. The Morgan fingerprint density at radius 3 is 2.69 bits per heavy atom. The lowest BCUT2D eigenvalue weighted by atomic mass is 10.1. The number of nitrogens with one attached hydrogen (secondary N) is 2. The number of aliphatic imine (C=N–C) groups is 1. The standard InChI is InChI=1S/C20H35N5S/c1-2-21-20(22-11-3-4-12-24-13-5-6-14-24)23-18-9-15-25(16-10-18)19-8-7-17-26-19/h7-8,17-18H,2-6,9-16H2,1H3,(H2,21,22,23). The zero-order valence-electron chi connectivity index (χ0n) is 16.3. The summed E-state index contributed by atoms with van der Waals surface area (Å²) in [5, 5.41) is 10.6. The molecule has 2 N–H and O–H groups in total. The van der Waals surface area contributed by atoms with Gasteiger partial charge >= 0.3 is 0 Å². The van der Waals surface area contributed by atoms with Crippen molar-refractivity contribution in [2.75, 3.05) is 50.7 Å². The average molecular weight is 378 g/mol. The lowest BCUT2D eigenvalue weighted by molar-refractivity contribution is 0.331. The highest BCUT2D eigenvalue weighted by atomic mass is 32.1. The highest BCUT2D eigenvalue weighted by Gasteiger charge is 2.20. The summed E-state index contributed by atoms with van der Waals surface area (Å²) in [7, 11) is 0. The van der Waals surface area contributed by atoms with E-state index in [0.717, 1.165) is 32.1 Å². The van der Waals surface area contributed by atoms with Gasteiger partial charge in [-0.05, 0) is 82.6 Å². The van der Waals surface area contributed by atoms with E-state index < -0.39 is 0 Å². The van der Waals surface area contributed by atoms with Crippen molar-refractivity contribution in [2.24, 2.45) is 4.99 Å². The second-order valence-electron chi connectivity index (χ2n) is 7.37. The van der Waals surface area contributed by atoms with Gasteiger partial charge in [-0.3, -0.25) is 4.99 Å². The zero-order valence-corrected chi connectivity index (χ0v) is 17.1. The van der Waals surface area contributed by atoms with Crippen LogP contribution in [0.25, 0.3) is 0 Å². The van der Waals surface area contributed by atoms with Crippen LogP contribution >= 0.6 is 11.3 Å². The summed E-state index contributed by atoms with van der Waals surface area (Å²) < 4.78 is 0. The van der Waals surface area contributed by atoms with Crippen molar-refractivity contribution in [1.82, 2.24) is 15.5 Å². The molecule has 0 radical (unpaired) electrons. The smallest absolute Gasteiger partial charge is 0.191 e. The fraction of sp³-hybridized carbons (Fsp3) is 0.750. The number of hydrogen-bond donors (Lipinski definition) is 2. The Morgan fingerprint density at radius 1 is 1.19 bits per heavy atom. The first-order valence-corrected chi connectivity index (χ1v) is 11.3. The minimum absolute atomic E-state index is 0.536. The molecule has 0 saturated carbocycles. The lowest BCUT2D eigenvalue weighted by Gasteiger charge is -2.33. The Balaban J connectivity index is 1.35. The molecular weight excluding hydrogens is 342 g/mol. The molecule has 2 aliphatic rings. The Hall–Kier alpha value is -1.27. The molecule has 0 aliphatic carbocycles. The first kappa shape index (κ1) is 19.5. The second-order valence-corrected chi connectivity index (χ2v) is 8.30. The molecule has 3 heterocycles. The van der Waals surface area contributed by atoms with Crippen molar-refractivity contribution >= 4 is 22.3 Å². The molecule has 0 unspecified atom stereocenters. The molecule has 0 spiro atoms. The molecule has 2 saturated heterocycles. The van der Waals surface area contributed by atoms with E-state index in [0.29, 0.717) is 6.04 Å². The molecular formula is C20H35N5S. The van der Waals surface area contributed by atoms with Crippen LogP contribution in [0.1, 0.15) is 45.4 Å². The van der Waals surface area contributed by atoms with Crippen LogP contribution in [0.15, 0.2) is 22.5 Å². The van der Waals surface area contributed by atoms with Gasteiger partial charge in [0.2, 0.25) is 0 Å². The van der Waals surface area contributed by atoms with Gasteiger partial charge in [0.05, 0.1) is 5.00 Å². The SMILES string of the molecule is CCNC(=NCCCCN1CCCC1)NC1CCN(c2cccs2)CC1. The van der Waals surface area contributed by atoms with Crippen LogP contribution in [0, 0.1) is 0 Å². The first-order chi connectivity index (χ1) is 12.8. The summed E-state index contributed by atoms with van der Waals surface area (Å²) >= 11 is 1.84. The predicted molar refractivity (Wildman–Crippen MR) is 114 cm³/mol. The number of guanidine groups is 1. The topological polar surface area (TPSA) is 42.9 Å². The number of hydrogen-bond acceptors (Lipinski definition) is 4. The van der Waals surface area contributed by atoms with E-state index in [9.17, 15) is 0 Å². The van der Waals surface area contributed by atoms with E-state index in [-0.39, 0.29) is 0 Å². The molecule has 146 valence electrons. The fourth-order valence-electron chi connectivity index (χ4n) is 3.85. The quantitative estimate of drug-likeness (QED) is 0.415. The second kappa shape index (κ2) is 10.8. The van der Waals surface area contributed by atoms with E-state index in [1.54, 1.807) is 0 Å². The molecule has 0 amide bonds. The Kier molecular flexibility index (Phi) is 8.08. The third-order valence-electron chi connectivity index (χ3n) is 5.35. The van der Waals surface area contributed by atoms with Gasteiger partial charge in [-0.25, -0.2) is 0 Å². The molecule has 5 nitrogen and oxygen atoms in total. The van der Waals surface area contributed by atoms with Gasteiger partial charge in [0.25, 0.3) is 0 Å². The summed E-state index contributed by atoms with van der Waals surface area (Å²) in [4.78, 5) is 9.90. The maximum Gasteiger partial charge on any atom is 0.191 e. The summed E-state index contributed by atoms with van der Waals surface area (Å²) in [5.41, 5.74) is 0. The molecule has 1 aromatic rings. The highest BCUT2D eigenvalue weighted by molar-refractivity contribution is 7.14. The third-order valence-corrected chi connectivity index (χ3v) is 6.28. The van der Waals surface area contributed by atoms with Crippen LogP contribution < -0.4 is 15.5 Å². The van der Waals surface area contributed by atoms with Gasteiger partial charge in [-0.2, -0.15) is 0 Å². The van der Waals surface area contributed by atoms with E-state index in [4.69, 9.17) is 4.99 Å². The van der Waals surface area contributed by atoms with Crippen LogP contribution in [0.3, 0.4) is 0 Å². The predicted octanol–water partition coefficient (Wildman–Crippen LogP) is 3.15. The van der Waals surface area contributed by atoms with Crippen molar-refractivity contribution in [2.45, 2.75) is 51.5 Å². The number of piperidine rings is 1. The Morgan fingerprint density at radius 2 is 2.00 bits per heavy atom. The Bertz CT molecular complexity index is 516. The van der Waals surface area contributed by atoms with E-state index in [1.165, 1.54) is 63.2 Å². The molecule has 2 fully saturated rings. The summed E-state index contributed by atoms with van der Waals surface area (Å²) in [5.74, 6) is 1.00. The van der Waals surface area contributed by atoms with E-state index >= 15 is 0 Å². The van der Waals surface area contributed by atoms with Crippen molar-refractivity contribution in [1.29, 1.82) is 0 Å². The molecule has 0 atom stereocenters. The summed E-state index contributed by atoms with van der Waals surface area (Å²) in [6, 6.07) is 4.91. The van der Waals surface area contributed by atoms with Gasteiger partial charge in [0, 0.05) is 32.2 Å². The number of unbranched alkanes of at least 4 members (excludes halogenated alkanes) is 1. The number of anilines is 1. The normalized spacial score (nSPS) is 19.9. The fourth-order valence-corrected chi connectivity index (χ4v) is 4.64. The van der Waals surface area contributed by atoms with Gasteiger partial charge in [-0.1, -0.05) is 0 Å². The van der Waals surface area contributed by atoms with Crippen LogP contribution in [-0.4, -0.2) is 62.7 Å². The molecule has 2 aliphatic heterocycles. The minimum atomic E-state index is 0.536.